The van der Waals surface area contributed by atoms with Gasteiger partial charge in [0.25, 0.3) is 0 Å². The van der Waals surface area contributed by atoms with Gasteiger partial charge in [-0.3, -0.25) is 4.79 Å². The summed E-state index contributed by atoms with van der Waals surface area (Å²) in [5, 5.41) is 10.6. The first-order valence-electron chi connectivity index (χ1n) is 7.95. The van der Waals surface area contributed by atoms with Crippen molar-refractivity contribution in [2.75, 3.05) is 18.4 Å². The Hall–Kier alpha value is -2.21. The number of aromatic nitrogens is 2. The number of rotatable bonds is 5. The van der Waals surface area contributed by atoms with Crippen LogP contribution in [0.25, 0.3) is 5.69 Å². The van der Waals surface area contributed by atoms with Crippen molar-refractivity contribution < 1.29 is 9.18 Å². The summed E-state index contributed by atoms with van der Waals surface area (Å²) >= 11 is 0. The van der Waals surface area contributed by atoms with Crippen LogP contribution >= 0.6 is 0 Å². The Balaban J connectivity index is 1.67. The van der Waals surface area contributed by atoms with Crippen LogP contribution in [0.1, 0.15) is 25.0 Å². The number of hydrogen-bond donors (Lipinski definition) is 2. The molecule has 1 aromatic heterocycles. The van der Waals surface area contributed by atoms with E-state index in [4.69, 9.17) is 0 Å². The second-order valence-corrected chi connectivity index (χ2v) is 6.00. The summed E-state index contributed by atoms with van der Waals surface area (Å²) in [5.41, 5.74) is 1.51. The van der Waals surface area contributed by atoms with E-state index >= 15 is 0 Å². The van der Waals surface area contributed by atoms with Crippen molar-refractivity contribution in [1.82, 2.24) is 15.1 Å². The molecule has 1 aliphatic heterocycles. The average Bonchev–Trinajstić information content (AvgIpc) is 3.16. The van der Waals surface area contributed by atoms with E-state index in [1.54, 1.807) is 16.8 Å². The summed E-state index contributed by atoms with van der Waals surface area (Å²) in [7, 11) is 0. The molecule has 2 aromatic rings. The normalized spacial score (nSPS) is 17.4. The molecule has 3 rings (SSSR count). The van der Waals surface area contributed by atoms with Crippen molar-refractivity contribution in [2.45, 2.75) is 26.2 Å². The molecule has 6 heteroatoms. The van der Waals surface area contributed by atoms with Crippen LogP contribution in [0, 0.1) is 18.7 Å². The van der Waals surface area contributed by atoms with Gasteiger partial charge in [0.1, 0.15) is 11.6 Å². The van der Waals surface area contributed by atoms with Crippen molar-refractivity contribution >= 4 is 11.7 Å². The fourth-order valence-electron chi connectivity index (χ4n) is 2.87. The van der Waals surface area contributed by atoms with Crippen molar-refractivity contribution in [3.63, 3.8) is 0 Å². The van der Waals surface area contributed by atoms with Gasteiger partial charge in [-0.25, -0.2) is 9.07 Å². The summed E-state index contributed by atoms with van der Waals surface area (Å²) in [6.45, 7) is 3.91. The summed E-state index contributed by atoms with van der Waals surface area (Å²) in [4.78, 5) is 12.2. The Bertz CT molecular complexity index is 674. The summed E-state index contributed by atoms with van der Waals surface area (Å²) in [5.74, 6) is 0.890. The Morgan fingerprint density at radius 1 is 1.43 bits per heavy atom. The number of halogens is 1. The molecule has 2 heterocycles. The molecule has 1 unspecified atom stereocenters. The lowest BCUT2D eigenvalue weighted by atomic mass is 10.0. The maximum Gasteiger partial charge on any atom is 0.225 e. The van der Waals surface area contributed by atoms with Crippen LogP contribution in [-0.4, -0.2) is 28.8 Å². The second kappa shape index (κ2) is 6.91. The van der Waals surface area contributed by atoms with Crippen LogP contribution in [0.2, 0.25) is 0 Å². The number of carbonyl (C=O) groups excluding carboxylic acids is 1. The van der Waals surface area contributed by atoms with Gasteiger partial charge in [-0.1, -0.05) is 0 Å². The first-order chi connectivity index (χ1) is 11.1. The van der Waals surface area contributed by atoms with E-state index in [9.17, 15) is 9.18 Å². The molecule has 0 aliphatic carbocycles. The van der Waals surface area contributed by atoms with Crippen LogP contribution in [0.5, 0.6) is 0 Å². The maximum absolute atomic E-state index is 13.1. The first kappa shape index (κ1) is 15.7. The lowest BCUT2D eigenvalue weighted by Gasteiger charge is -2.10. The predicted molar refractivity (Wildman–Crippen MR) is 87.1 cm³/mol. The van der Waals surface area contributed by atoms with Crippen molar-refractivity contribution in [3.05, 3.63) is 41.8 Å². The molecule has 122 valence electrons. The highest BCUT2D eigenvalue weighted by atomic mass is 19.1. The van der Waals surface area contributed by atoms with Gasteiger partial charge in [0.15, 0.2) is 0 Å². The van der Waals surface area contributed by atoms with Crippen molar-refractivity contribution in [3.8, 4) is 5.69 Å². The Kier molecular flexibility index (Phi) is 4.71. The number of benzene rings is 1. The molecule has 2 N–H and O–H groups in total. The first-order valence-corrected chi connectivity index (χ1v) is 7.95. The van der Waals surface area contributed by atoms with E-state index in [0.29, 0.717) is 18.2 Å². The largest absolute Gasteiger partial charge is 0.316 e. The molecule has 23 heavy (non-hydrogen) atoms. The molecule has 1 atom stereocenters. The molecular formula is C17H21FN4O. The highest BCUT2D eigenvalue weighted by molar-refractivity contribution is 5.90. The molecule has 1 aromatic carbocycles. The molecule has 1 fully saturated rings. The SMILES string of the molecule is Cc1cc(NC(=O)CCC2CCNC2)n(-c2ccc(F)cc2)n1. The molecule has 0 saturated carbocycles. The lowest BCUT2D eigenvalue weighted by Crippen LogP contribution is -2.17. The third kappa shape index (κ3) is 3.96. The Morgan fingerprint density at radius 3 is 2.91 bits per heavy atom. The minimum Gasteiger partial charge on any atom is -0.316 e. The number of hydrogen-bond acceptors (Lipinski definition) is 3. The van der Waals surface area contributed by atoms with E-state index in [1.165, 1.54) is 12.1 Å². The average molecular weight is 316 g/mol. The monoisotopic (exact) mass is 316 g/mol. The van der Waals surface area contributed by atoms with Gasteiger partial charge in [0.2, 0.25) is 5.91 Å². The smallest absolute Gasteiger partial charge is 0.225 e. The zero-order chi connectivity index (χ0) is 16.2. The Labute approximate surface area is 134 Å². The van der Waals surface area contributed by atoms with Gasteiger partial charge in [0.05, 0.1) is 11.4 Å². The van der Waals surface area contributed by atoms with Gasteiger partial charge in [0, 0.05) is 12.5 Å². The van der Waals surface area contributed by atoms with Gasteiger partial charge in [-0.2, -0.15) is 5.10 Å². The molecule has 1 amide bonds. The molecular weight excluding hydrogens is 295 g/mol. The highest BCUT2D eigenvalue weighted by Gasteiger charge is 2.17. The number of aryl methyl sites for hydroxylation is 1. The standard InChI is InChI=1S/C17H21FN4O/c1-12-10-16(20-17(23)7-2-13-8-9-19-11-13)22(21-12)15-5-3-14(18)4-6-15/h3-6,10,13,19H,2,7-9,11H2,1H3,(H,20,23). The second-order valence-electron chi connectivity index (χ2n) is 6.00. The number of anilines is 1. The summed E-state index contributed by atoms with van der Waals surface area (Å²) in [6.07, 6.45) is 2.53. The molecule has 0 bridgehead atoms. The number of amides is 1. The van der Waals surface area contributed by atoms with Crippen molar-refractivity contribution in [1.29, 1.82) is 0 Å². The van der Waals surface area contributed by atoms with Crippen LogP contribution in [0.3, 0.4) is 0 Å². The zero-order valence-electron chi connectivity index (χ0n) is 13.2. The number of carbonyl (C=O) groups is 1. The predicted octanol–water partition coefficient (Wildman–Crippen LogP) is 2.65. The topological polar surface area (TPSA) is 59.0 Å². The summed E-state index contributed by atoms with van der Waals surface area (Å²) in [6, 6.07) is 7.86. The fraction of sp³-hybridized carbons (Fsp3) is 0.412. The van der Waals surface area contributed by atoms with Gasteiger partial charge in [-0.05, 0) is 63.0 Å². The van der Waals surface area contributed by atoms with E-state index in [1.807, 2.05) is 13.0 Å². The Morgan fingerprint density at radius 2 is 2.22 bits per heavy atom. The number of nitrogens with one attached hydrogen (secondary N) is 2. The van der Waals surface area contributed by atoms with Crippen LogP contribution in [-0.2, 0) is 4.79 Å². The highest BCUT2D eigenvalue weighted by Crippen LogP contribution is 2.19. The summed E-state index contributed by atoms with van der Waals surface area (Å²) < 4.78 is 14.7. The molecule has 1 aliphatic rings. The molecule has 0 spiro atoms. The minimum atomic E-state index is -0.298. The molecule has 1 saturated heterocycles. The van der Waals surface area contributed by atoms with E-state index in [0.717, 1.165) is 37.3 Å². The van der Waals surface area contributed by atoms with E-state index in [-0.39, 0.29) is 11.7 Å². The van der Waals surface area contributed by atoms with Crippen LogP contribution in [0.4, 0.5) is 10.2 Å². The van der Waals surface area contributed by atoms with E-state index < -0.39 is 0 Å². The minimum absolute atomic E-state index is 0.0137. The van der Waals surface area contributed by atoms with Crippen molar-refractivity contribution in [2.24, 2.45) is 5.92 Å². The third-order valence-electron chi connectivity index (χ3n) is 4.11. The van der Waals surface area contributed by atoms with E-state index in [2.05, 4.69) is 15.7 Å². The lowest BCUT2D eigenvalue weighted by molar-refractivity contribution is -0.116. The third-order valence-corrected chi connectivity index (χ3v) is 4.11. The van der Waals surface area contributed by atoms with Crippen LogP contribution in [0.15, 0.2) is 30.3 Å². The van der Waals surface area contributed by atoms with Gasteiger partial charge >= 0.3 is 0 Å². The van der Waals surface area contributed by atoms with Gasteiger partial charge < -0.3 is 10.6 Å². The molecule has 5 nitrogen and oxygen atoms in total. The quantitative estimate of drug-likeness (QED) is 0.891. The van der Waals surface area contributed by atoms with Gasteiger partial charge in [-0.15, -0.1) is 0 Å². The van der Waals surface area contributed by atoms with Crippen LogP contribution < -0.4 is 10.6 Å². The maximum atomic E-state index is 13.1. The fourth-order valence-corrected chi connectivity index (χ4v) is 2.87. The zero-order valence-corrected chi connectivity index (χ0v) is 13.2. The molecule has 0 radical (unpaired) electrons. The number of nitrogens with zero attached hydrogens (tertiary/aromatic N) is 2.